The number of aromatic hydroxyl groups is 1. The van der Waals surface area contributed by atoms with Crippen LogP contribution in [0.3, 0.4) is 0 Å². The van der Waals surface area contributed by atoms with Crippen molar-refractivity contribution in [2.75, 3.05) is 5.32 Å². The van der Waals surface area contributed by atoms with Gasteiger partial charge >= 0.3 is 0 Å². The summed E-state index contributed by atoms with van der Waals surface area (Å²) in [7, 11) is 0. The van der Waals surface area contributed by atoms with Gasteiger partial charge in [0.15, 0.2) is 5.76 Å². The third-order valence-electron chi connectivity index (χ3n) is 5.05. The fourth-order valence-corrected chi connectivity index (χ4v) is 3.18. The molecule has 0 saturated heterocycles. The first-order valence-corrected chi connectivity index (χ1v) is 9.34. The van der Waals surface area contributed by atoms with E-state index in [0.717, 1.165) is 12.1 Å². The maximum Gasteiger partial charge on any atom is 0.291 e. The number of anilines is 1. The number of hydrogen-bond acceptors (Lipinski definition) is 4. The largest absolute Gasteiger partial charge is 0.507 e. The average molecular weight is 365 g/mol. The third-order valence-corrected chi connectivity index (χ3v) is 5.05. The first kappa shape index (κ1) is 17.4. The van der Waals surface area contributed by atoms with Crippen LogP contribution in [0.4, 0.5) is 5.69 Å². The van der Waals surface area contributed by atoms with Crippen molar-refractivity contribution in [2.24, 2.45) is 0 Å². The molecule has 6 heteroatoms. The van der Waals surface area contributed by atoms with Gasteiger partial charge in [-0.2, -0.15) is 5.10 Å². The summed E-state index contributed by atoms with van der Waals surface area (Å²) in [6.45, 7) is 4.31. The van der Waals surface area contributed by atoms with E-state index in [1.165, 1.54) is 30.9 Å². The van der Waals surface area contributed by atoms with Gasteiger partial charge in [0, 0.05) is 35.0 Å². The molecular weight excluding hydrogens is 342 g/mol. The summed E-state index contributed by atoms with van der Waals surface area (Å²) in [5, 5.41) is 18.0. The molecule has 140 valence electrons. The fourth-order valence-electron chi connectivity index (χ4n) is 3.18. The number of phenols is 1. The van der Waals surface area contributed by atoms with Gasteiger partial charge in [0.05, 0.1) is 12.0 Å². The van der Waals surface area contributed by atoms with Gasteiger partial charge in [-0.05, 0) is 56.5 Å². The minimum Gasteiger partial charge on any atom is -0.507 e. The Labute approximate surface area is 157 Å². The van der Waals surface area contributed by atoms with Gasteiger partial charge in [-0.1, -0.05) is 6.92 Å². The van der Waals surface area contributed by atoms with E-state index in [1.807, 2.05) is 0 Å². The van der Waals surface area contributed by atoms with Crippen LogP contribution in [-0.2, 0) is 0 Å². The van der Waals surface area contributed by atoms with Gasteiger partial charge in [0.2, 0.25) is 0 Å². The monoisotopic (exact) mass is 365 g/mol. The van der Waals surface area contributed by atoms with Crippen LogP contribution in [0.5, 0.6) is 5.75 Å². The zero-order valence-electron chi connectivity index (χ0n) is 15.5. The molecule has 1 unspecified atom stereocenters. The van der Waals surface area contributed by atoms with E-state index >= 15 is 0 Å². The van der Waals surface area contributed by atoms with E-state index in [9.17, 15) is 9.90 Å². The molecule has 0 aliphatic heterocycles. The summed E-state index contributed by atoms with van der Waals surface area (Å²) in [6.07, 6.45) is 4.85. The van der Waals surface area contributed by atoms with Crippen molar-refractivity contribution in [3.05, 3.63) is 54.1 Å². The molecule has 0 spiro atoms. The second-order valence-electron chi connectivity index (χ2n) is 7.09. The number of nitrogens with one attached hydrogen (secondary N) is 1. The van der Waals surface area contributed by atoms with Crippen molar-refractivity contribution >= 4 is 11.6 Å². The maximum atomic E-state index is 12.1. The lowest BCUT2D eigenvalue weighted by molar-refractivity contribution is 0.0996. The number of furan rings is 1. The van der Waals surface area contributed by atoms with E-state index in [-0.39, 0.29) is 17.4 Å². The van der Waals surface area contributed by atoms with Crippen molar-refractivity contribution in [2.45, 2.75) is 45.1 Å². The highest BCUT2D eigenvalue weighted by Gasteiger charge is 2.29. The number of aromatic nitrogens is 2. The molecule has 2 aromatic heterocycles. The molecular formula is C21H23N3O3. The van der Waals surface area contributed by atoms with Crippen LogP contribution in [0.2, 0.25) is 0 Å². The predicted molar refractivity (Wildman–Crippen MR) is 103 cm³/mol. The average Bonchev–Trinajstić information content (AvgIpc) is 3.18. The van der Waals surface area contributed by atoms with E-state index < -0.39 is 0 Å². The van der Waals surface area contributed by atoms with Gasteiger partial charge in [0.25, 0.3) is 5.91 Å². The van der Waals surface area contributed by atoms with Gasteiger partial charge in [-0.25, -0.2) is 0 Å². The summed E-state index contributed by atoms with van der Waals surface area (Å²) in [6, 6.07) is 10.7. The number of hydrogen-bond donors (Lipinski definition) is 2. The van der Waals surface area contributed by atoms with Crippen molar-refractivity contribution in [3.63, 3.8) is 0 Å². The van der Waals surface area contributed by atoms with Crippen molar-refractivity contribution in [3.8, 4) is 17.0 Å². The summed E-state index contributed by atoms with van der Waals surface area (Å²) in [4.78, 5) is 12.1. The summed E-state index contributed by atoms with van der Waals surface area (Å²) >= 11 is 0. The minimum absolute atomic E-state index is 0.0865. The number of carbonyl (C=O) groups excluding carboxylic acids is 1. The molecule has 0 bridgehead atoms. The molecule has 1 amide bonds. The Morgan fingerprint density at radius 2 is 2.19 bits per heavy atom. The molecule has 2 heterocycles. The highest BCUT2D eigenvalue weighted by Crippen LogP contribution is 2.43. The quantitative estimate of drug-likeness (QED) is 0.648. The van der Waals surface area contributed by atoms with Crippen molar-refractivity contribution in [1.29, 1.82) is 0 Å². The Balaban J connectivity index is 1.60. The number of carbonyl (C=O) groups is 1. The Morgan fingerprint density at radius 3 is 2.81 bits per heavy atom. The predicted octanol–water partition coefficient (Wildman–Crippen LogP) is 4.95. The zero-order valence-corrected chi connectivity index (χ0v) is 15.5. The molecule has 3 aromatic rings. The normalized spacial score (nSPS) is 14.9. The standard InChI is InChI=1S/C21H23N3O3/c1-3-13(2)24-18(14-6-7-14)12-17(23-24)16-9-8-15(11-19(16)25)22-21(26)20-5-4-10-27-20/h4-5,8-14,25H,3,6-7H2,1-2H3,(H,22,26). The molecule has 4 rings (SSSR count). The molecule has 1 aliphatic carbocycles. The smallest absolute Gasteiger partial charge is 0.291 e. The van der Waals surface area contributed by atoms with E-state index in [4.69, 9.17) is 9.52 Å². The summed E-state index contributed by atoms with van der Waals surface area (Å²) < 4.78 is 7.18. The summed E-state index contributed by atoms with van der Waals surface area (Å²) in [5.41, 5.74) is 3.17. The van der Waals surface area contributed by atoms with Gasteiger partial charge in [0.1, 0.15) is 5.75 Å². The lowest BCUT2D eigenvalue weighted by atomic mass is 10.1. The molecule has 27 heavy (non-hydrogen) atoms. The molecule has 6 nitrogen and oxygen atoms in total. The van der Waals surface area contributed by atoms with Gasteiger partial charge in [-0.15, -0.1) is 0 Å². The van der Waals surface area contributed by atoms with Crippen molar-refractivity contribution < 1.29 is 14.3 Å². The lowest BCUT2D eigenvalue weighted by Crippen LogP contribution is -2.10. The molecule has 0 radical (unpaired) electrons. The Hall–Kier alpha value is -3.02. The number of rotatable bonds is 6. The Bertz CT molecular complexity index is 955. The van der Waals surface area contributed by atoms with Crippen LogP contribution >= 0.6 is 0 Å². The van der Waals surface area contributed by atoms with E-state index in [1.54, 1.807) is 24.3 Å². The zero-order chi connectivity index (χ0) is 19.0. The first-order chi connectivity index (χ1) is 13.1. The topological polar surface area (TPSA) is 80.3 Å². The van der Waals surface area contributed by atoms with Crippen LogP contribution < -0.4 is 5.32 Å². The van der Waals surface area contributed by atoms with Crippen LogP contribution in [0, 0.1) is 0 Å². The molecule has 1 fully saturated rings. The van der Waals surface area contributed by atoms with Crippen LogP contribution in [0.25, 0.3) is 11.3 Å². The Morgan fingerprint density at radius 1 is 1.37 bits per heavy atom. The minimum atomic E-state index is -0.357. The second-order valence-corrected chi connectivity index (χ2v) is 7.09. The SMILES string of the molecule is CCC(C)n1nc(-c2ccc(NC(=O)c3ccco3)cc2O)cc1C1CC1. The molecule has 1 saturated carbocycles. The van der Waals surface area contributed by atoms with Crippen LogP contribution in [0.1, 0.15) is 61.3 Å². The highest BCUT2D eigenvalue weighted by molar-refractivity contribution is 6.02. The summed E-state index contributed by atoms with van der Waals surface area (Å²) in [5.74, 6) is 0.529. The van der Waals surface area contributed by atoms with Crippen LogP contribution in [0.15, 0.2) is 47.1 Å². The molecule has 1 atom stereocenters. The first-order valence-electron chi connectivity index (χ1n) is 9.34. The number of amides is 1. The number of benzene rings is 1. The van der Waals surface area contributed by atoms with Gasteiger partial charge < -0.3 is 14.8 Å². The maximum absolute atomic E-state index is 12.1. The number of phenolic OH excluding ortho intramolecular Hbond substituents is 1. The van der Waals surface area contributed by atoms with E-state index in [0.29, 0.717) is 23.2 Å². The highest BCUT2D eigenvalue weighted by atomic mass is 16.3. The molecule has 1 aromatic carbocycles. The third kappa shape index (κ3) is 3.47. The lowest BCUT2D eigenvalue weighted by Gasteiger charge is -2.13. The number of nitrogens with zero attached hydrogens (tertiary/aromatic N) is 2. The Kier molecular flexibility index (Phi) is 4.48. The molecule has 2 N–H and O–H groups in total. The van der Waals surface area contributed by atoms with Crippen molar-refractivity contribution in [1.82, 2.24) is 9.78 Å². The fraction of sp³-hybridized carbons (Fsp3) is 0.333. The van der Waals surface area contributed by atoms with Gasteiger partial charge in [-0.3, -0.25) is 9.48 Å². The molecule has 1 aliphatic rings. The van der Waals surface area contributed by atoms with Crippen LogP contribution in [-0.4, -0.2) is 20.8 Å². The van der Waals surface area contributed by atoms with E-state index in [2.05, 4.69) is 29.9 Å². The second kappa shape index (κ2) is 6.95.